The van der Waals surface area contributed by atoms with E-state index in [1.54, 1.807) is 0 Å². The molecule has 1 heterocycles. The lowest BCUT2D eigenvalue weighted by molar-refractivity contribution is -0.134. The van der Waals surface area contributed by atoms with E-state index in [4.69, 9.17) is 5.73 Å². The Bertz CT molecular complexity index is 237. The highest BCUT2D eigenvalue weighted by molar-refractivity contribution is 5.81. The van der Waals surface area contributed by atoms with Gasteiger partial charge in [0.1, 0.15) is 0 Å². The standard InChI is InChI=1S/C13H27N3O/c1-4-8-16-9-6-11(7-10-16)15(3)13(17)12(14)5-2/h11-12H,4-10,14H2,1-3H3. The Balaban J connectivity index is 2.40. The van der Waals surface area contributed by atoms with Crippen LogP contribution in [0.15, 0.2) is 0 Å². The minimum atomic E-state index is -0.325. The average Bonchev–Trinajstić information content (AvgIpc) is 2.37. The van der Waals surface area contributed by atoms with Crippen LogP contribution in [0.4, 0.5) is 0 Å². The van der Waals surface area contributed by atoms with Gasteiger partial charge in [0.25, 0.3) is 0 Å². The van der Waals surface area contributed by atoms with Gasteiger partial charge in [0, 0.05) is 26.2 Å². The van der Waals surface area contributed by atoms with Crippen LogP contribution >= 0.6 is 0 Å². The van der Waals surface area contributed by atoms with E-state index in [2.05, 4.69) is 11.8 Å². The second-order valence-corrected chi connectivity index (χ2v) is 5.04. The van der Waals surface area contributed by atoms with Crippen molar-refractivity contribution in [3.05, 3.63) is 0 Å². The molecule has 0 aromatic carbocycles. The molecule has 4 nitrogen and oxygen atoms in total. The molecule has 1 fully saturated rings. The maximum Gasteiger partial charge on any atom is 0.239 e. The van der Waals surface area contributed by atoms with Crippen LogP contribution in [0.1, 0.15) is 39.5 Å². The molecule has 1 saturated heterocycles. The zero-order valence-corrected chi connectivity index (χ0v) is 11.5. The highest BCUT2D eigenvalue weighted by atomic mass is 16.2. The van der Waals surface area contributed by atoms with Crippen molar-refractivity contribution in [3.63, 3.8) is 0 Å². The Kier molecular flexibility index (Phi) is 5.92. The molecule has 0 spiro atoms. The highest BCUT2D eigenvalue weighted by Gasteiger charge is 2.26. The van der Waals surface area contributed by atoms with E-state index in [1.807, 2.05) is 18.9 Å². The molecule has 0 bridgehead atoms. The number of nitrogens with two attached hydrogens (primary N) is 1. The molecule has 0 radical (unpaired) electrons. The van der Waals surface area contributed by atoms with Crippen LogP contribution in [0.2, 0.25) is 0 Å². The summed E-state index contributed by atoms with van der Waals surface area (Å²) in [6.07, 6.45) is 4.09. The van der Waals surface area contributed by atoms with Crippen molar-refractivity contribution in [2.75, 3.05) is 26.7 Å². The third kappa shape index (κ3) is 3.96. The predicted molar refractivity (Wildman–Crippen MR) is 70.8 cm³/mol. The summed E-state index contributed by atoms with van der Waals surface area (Å²) in [7, 11) is 1.90. The minimum Gasteiger partial charge on any atom is -0.341 e. The molecule has 100 valence electrons. The molecular formula is C13H27N3O. The molecule has 1 unspecified atom stereocenters. The van der Waals surface area contributed by atoms with Gasteiger partial charge in [-0.2, -0.15) is 0 Å². The van der Waals surface area contributed by atoms with E-state index in [1.165, 1.54) is 13.0 Å². The van der Waals surface area contributed by atoms with E-state index >= 15 is 0 Å². The molecule has 1 aliphatic rings. The second kappa shape index (κ2) is 6.97. The van der Waals surface area contributed by atoms with Crippen LogP contribution in [0.5, 0.6) is 0 Å². The molecule has 0 aromatic heterocycles. The number of hydrogen-bond donors (Lipinski definition) is 1. The third-order valence-electron chi connectivity index (χ3n) is 3.75. The number of rotatable bonds is 5. The Morgan fingerprint density at radius 2 is 2.00 bits per heavy atom. The average molecular weight is 241 g/mol. The van der Waals surface area contributed by atoms with E-state index in [-0.39, 0.29) is 11.9 Å². The van der Waals surface area contributed by atoms with Gasteiger partial charge >= 0.3 is 0 Å². The summed E-state index contributed by atoms with van der Waals surface area (Å²) in [6.45, 7) is 7.57. The first-order valence-electron chi connectivity index (χ1n) is 6.84. The Labute approximate surface area is 105 Å². The molecule has 1 rings (SSSR count). The zero-order valence-electron chi connectivity index (χ0n) is 11.5. The van der Waals surface area contributed by atoms with Gasteiger partial charge in [0.05, 0.1) is 6.04 Å². The number of carbonyl (C=O) groups is 1. The number of carbonyl (C=O) groups excluding carboxylic acids is 1. The Morgan fingerprint density at radius 1 is 1.41 bits per heavy atom. The summed E-state index contributed by atoms with van der Waals surface area (Å²) < 4.78 is 0. The first-order valence-corrected chi connectivity index (χ1v) is 6.84. The lowest BCUT2D eigenvalue weighted by Gasteiger charge is -2.37. The van der Waals surface area contributed by atoms with Gasteiger partial charge in [0.15, 0.2) is 0 Å². The van der Waals surface area contributed by atoms with Crippen molar-refractivity contribution in [1.29, 1.82) is 0 Å². The van der Waals surface area contributed by atoms with Gasteiger partial charge in [-0.1, -0.05) is 13.8 Å². The van der Waals surface area contributed by atoms with Crippen LogP contribution in [0.25, 0.3) is 0 Å². The predicted octanol–water partition coefficient (Wildman–Crippen LogP) is 1.06. The van der Waals surface area contributed by atoms with E-state index in [0.29, 0.717) is 6.04 Å². The van der Waals surface area contributed by atoms with Crippen LogP contribution in [0.3, 0.4) is 0 Å². The number of amides is 1. The van der Waals surface area contributed by atoms with E-state index < -0.39 is 0 Å². The molecule has 0 aromatic rings. The van der Waals surface area contributed by atoms with Crippen LogP contribution in [-0.4, -0.2) is 54.5 Å². The second-order valence-electron chi connectivity index (χ2n) is 5.04. The third-order valence-corrected chi connectivity index (χ3v) is 3.75. The van der Waals surface area contributed by atoms with E-state index in [9.17, 15) is 4.79 Å². The van der Waals surface area contributed by atoms with Crippen molar-refractivity contribution < 1.29 is 4.79 Å². The number of nitrogens with zero attached hydrogens (tertiary/aromatic N) is 2. The summed E-state index contributed by atoms with van der Waals surface area (Å²) in [6, 6.07) is 0.0573. The molecule has 17 heavy (non-hydrogen) atoms. The molecule has 1 aliphatic heterocycles. The van der Waals surface area contributed by atoms with Gasteiger partial charge in [0.2, 0.25) is 5.91 Å². The maximum absolute atomic E-state index is 12.0. The molecule has 4 heteroatoms. The lowest BCUT2D eigenvalue weighted by atomic mass is 10.0. The summed E-state index contributed by atoms with van der Waals surface area (Å²) in [5.74, 6) is 0.0986. The van der Waals surface area contributed by atoms with Crippen molar-refractivity contribution in [1.82, 2.24) is 9.80 Å². The summed E-state index contributed by atoms with van der Waals surface area (Å²) in [5.41, 5.74) is 5.80. The molecule has 0 saturated carbocycles. The molecule has 1 atom stereocenters. The normalized spacial score (nSPS) is 20.2. The van der Waals surface area contributed by atoms with Crippen molar-refractivity contribution in [2.45, 2.75) is 51.6 Å². The number of likely N-dealkylation sites (tertiary alicyclic amines) is 1. The fourth-order valence-corrected chi connectivity index (χ4v) is 2.46. The van der Waals surface area contributed by atoms with Gasteiger partial charge in [-0.25, -0.2) is 0 Å². The fourth-order valence-electron chi connectivity index (χ4n) is 2.46. The van der Waals surface area contributed by atoms with Crippen molar-refractivity contribution in [2.24, 2.45) is 5.73 Å². The zero-order chi connectivity index (χ0) is 12.8. The lowest BCUT2D eigenvalue weighted by Crippen LogP contribution is -2.50. The number of piperidine rings is 1. The quantitative estimate of drug-likeness (QED) is 0.783. The SMILES string of the molecule is CCCN1CCC(N(C)C(=O)C(N)CC)CC1. The Morgan fingerprint density at radius 3 is 2.47 bits per heavy atom. The first kappa shape index (κ1) is 14.5. The number of hydrogen-bond acceptors (Lipinski definition) is 3. The topological polar surface area (TPSA) is 49.6 Å². The van der Waals surface area contributed by atoms with Gasteiger partial charge in [-0.15, -0.1) is 0 Å². The van der Waals surface area contributed by atoms with Crippen LogP contribution in [0, 0.1) is 0 Å². The first-order chi connectivity index (χ1) is 8.10. The molecule has 0 aliphatic carbocycles. The molecular weight excluding hydrogens is 214 g/mol. The minimum absolute atomic E-state index is 0.0986. The monoisotopic (exact) mass is 241 g/mol. The summed E-state index contributed by atoms with van der Waals surface area (Å²) >= 11 is 0. The molecule has 1 amide bonds. The van der Waals surface area contributed by atoms with Crippen LogP contribution in [-0.2, 0) is 4.79 Å². The smallest absolute Gasteiger partial charge is 0.239 e. The number of likely N-dealkylation sites (N-methyl/N-ethyl adjacent to an activating group) is 1. The van der Waals surface area contributed by atoms with Crippen molar-refractivity contribution in [3.8, 4) is 0 Å². The Hall–Kier alpha value is -0.610. The maximum atomic E-state index is 12.0. The summed E-state index contributed by atoms with van der Waals surface area (Å²) in [4.78, 5) is 16.3. The highest BCUT2D eigenvalue weighted by Crippen LogP contribution is 2.16. The van der Waals surface area contributed by atoms with Gasteiger partial charge < -0.3 is 15.5 Å². The van der Waals surface area contributed by atoms with E-state index in [0.717, 1.165) is 32.4 Å². The van der Waals surface area contributed by atoms with Gasteiger partial charge in [-0.05, 0) is 32.2 Å². The fraction of sp³-hybridized carbons (Fsp3) is 0.923. The summed E-state index contributed by atoms with van der Waals surface area (Å²) in [5, 5.41) is 0. The van der Waals surface area contributed by atoms with Gasteiger partial charge in [-0.3, -0.25) is 4.79 Å². The van der Waals surface area contributed by atoms with Crippen molar-refractivity contribution >= 4 is 5.91 Å². The molecule has 2 N–H and O–H groups in total. The van der Waals surface area contributed by atoms with Crippen LogP contribution < -0.4 is 5.73 Å². The largest absolute Gasteiger partial charge is 0.341 e.